The number of aromatic nitrogens is 1. The van der Waals surface area contributed by atoms with Gasteiger partial charge in [-0.05, 0) is 63.8 Å². The normalized spacial score (nSPS) is 25.5. The lowest BCUT2D eigenvalue weighted by Crippen LogP contribution is -2.45. The molecule has 1 aromatic carbocycles. The van der Waals surface area contributed by atoms with Crippen molar-refractivity contribution in [1.29, 1.82) is 0 Å². The number of benzene rings is 1. The molecule has 2 N–H and O–H groups in total. The summed E-state index contributed by atoms with van der Waals surface area (Å²) >= 11 is 6.37. The molecule has 2 fully saturated rings. The number of aliphatic hydroxyl groups excluding tert-OH is 1. The number of carbonyl (C=O) groups is 1. The van der Waals surface area contributed by atoms with Crippen LogP contribution in [0.4, 0.5) is 13.2 Å². The molecule has 5 nitrogen and oxygen atoms in total. The molecule has 3 atom stereocenters. The number of alkyl halides is 3. The number of aliphatic hydroxyl groups is 1. The fourth-order valence-corrected chi connectivity index (χ4v) is 5.24. The van der Waals surface area contributed by atoms with E-state index in [0.717, 1.165) is 37.8 Å². The fraction of sp³-hybridized carbons (Fsp3) is 0.560. The maximum absolute atomic E-state index is 13.5. The van der Waals surface area contributed by atoms with Gasteiger partial charge in [0.05, 0.1) is 41.1 Å². The number of hydrogen-bond donors (Lipinski definition) is 2. The van der Waals surface area contributed by atoms with Crippen molar-refractivity contribution in [1.82, 2.24) is 9.88 Å². The molecule has 0 bridgehead atoms. The zero-order chi connectivity index (χ0) is 24.7. The smallest absolute Gasteiger partial charge is 0.391 e. The van der Waals surface area contributed by atoms with E-state index in [1.165, 1.54) is 6.07 Å². The molecule has 2 aromatic rings. The zero-order valence-electron chi connectivity index (χ0n) is 19.3. The van der Waals surface area contributed by atoms with Crippen molar-refractivity contribution >= 4 is 17.5 Å². The zero-order valence-corrected chi connectivity index (χ0v) is 20.1. The van der Waals surface area contributed by atoms with Crippen molar-refractivity contribution in [3.05, 3.63) is 46.1 Å². The Labute approximate surface area is 202 Å². The first-order valence-corrected chi connectivity index (χ1v) is 12.1. The van der Waals surface area contributed by atoms with Crippen molar-refractivity contribution in [3.63, 3.8) is 0 Å². The first-order chi connectivity index (χ1) is 16.0. The van der Waals surface area contributed by atoms with Crippen LogP contribution in [-0.2, 0) is 17.5 Å². The molecule has 0 unspecified atom stereocenters. The summed E-state index contributed by atoms with van der Waals surface area (Å²) < 4.78 is 48.1. The third kappa shape index (κ3) is 5.14. The lowest BCUT2D eigenvalue weighted by atomic mass is 9.92. The molecule has 2 heterocycles. The number of hydrogen-bond acceptors (Lipinski definition) is 3. The lowest BCUT2D eigenvalue weighted by molar-refractivity contribution is -0.137. The van der Waals surface area contributed by atoms with Gasteiger partial charge < -0.3 is 19.7 Å². The third-order valence-electron chi connectivity index (χ3n) is 7.02. The van der Waals surface area contributed by atoms with Crippen LogP contribution in [0.2, 0.25) is 5.02 Å². The van der Waals surface area contributed by atoms with Gasteiger partial charge in [0.1, 0.15) is 0 Å². The van der Waals surface area contributed by atoms with Crippen LogP contribution in [0.25, 0.3) is 11.3 Å². The number of ether oxygens (including phenoxy) is 1. The van der Waals surface area contributed by atoms with E-state index in [2.05, 4.69) is 5.32 Å². The number of amides is 1. The Morgan fingerprint density at radius 2 is 2.00 bits per heavy atom. The highest BCUT2D eigenvalue weighted by atomic mass is 35.5. The van der Waals surface area contributed by atoms with Crippen LogP contribution >= 0.6 is 11.6 Å². The van der Waals surface area contributed by atoms with Crippen LogP contribution in [0, 0.1) is 6.92 Å². The largest absolute Gasteiger partial charge is 0.416 e. The minimum absolute atomic E-state index is 0.166. The fourth-order valence-electron chi connectivity index (χ4n) is 5.02. The number of carbonyl (C=O) groups excluding carboxylic acids is 1. The standard InChI is InChI=1S/C25H30ClF3N2O3/c1-15-17(23(33)30-20-6-3-4-7-22(20)32)13-21(31(15)14-24(2)10-5-11-34-24)18-12-16(25(27,28)29)8-9-19(18)26/h8-9,12-13,20,22,32H,3-7,10-11,14H2,1-2H3,(H,30,33)/t20-,22-,24-/m1/s1. The molecule has 186 valence electrons. The minimum atomic E-state index is -4.52. The molecule has 1 aliphatic heterocycles. The second kappa shape index (κ2) is 9.55. The minimum Gasteiger partial charge on any atom is -0.391 e. The van der Waals surface area contributed by atoms with E-state index in [1.807, 2.05) is 11.5 Å². The van der Waals surface area contributed by atoms with Gasteiger partial charge in [-0.1, -0.05) is 24.4 Å². The maximum atomic E-state index is 13.5. The SMILES string of the molecule is Cc1c(C(=O)N[C@@H]2CCCC[C@H]2O)cc(-c2cc(C(F)(F)F)ccc2Cl)n1C[C@@]1(C)CCCO1. The molecule has 2 aliphatic rings. The second-order valence-electron chi connectivity index (χ2n) is 9.64. The van der Waals surface area contributed by atoms with E-state index in [0.29, 0.717) is 42.9 Å². The molecular weight excluding hydrogens is 469 g/mol. The third-order valence-corrected chi connectivity index (χ3v) is 7.35. The Morgan fingerprint density at radius 3 is 2.65 bits per heavy atom. The topological polar surface area (TPSA) is 63.5 Å². The van der Waals surface area contributed by atoms with Crippen molar-refractivity contribution in [3.8, 4) is 11.3 Å². The van der Waals surface area contributed by atoms with E-state index in [1.54, 1.807) is 13.0 Å². The Morgan fingerprint density at radius 1 is 1.26 bits per heavy atom. The molecule has 4 rings (SSSR count). The van der Waals surface area contributed by atoms with Crippen molar-refractivity contribution in [2.45, 2.75) is 82.8 Å². The van der Waals surface area contributed by atoms with Gasteiger partial charge in [0.15, 0.2) is 0 Å². The molecule has 0 spiro atoms. The van der Waals surface area contributed by atoms with E-state index in [9.17, 15) is 23.1 Å². The maximum Gasteiger partial charge on any atom is 0.416 e. The summed E-state index contributed by atoms with van der Waals surface area (Å²) in [4.78, 5) is 13.2. The van der Waals surface area contributed by atoms with Gasteiger partial charge in [-0.2, -0.15) is 13.2 Å². The predicted molar refractivity (Wildman–Crippen MR) is 124 cm³/mol. The van der Waals surface area contributed by atoms with Crippen LogP contribution in [0.1, 0.15) is 67.1 Å². The molecule has 9 heteroatoms. The highest BCUT2D eigenvalue weighted by Gasteiger charge is 2.35. The summed E-state index contributed by atoms with van der Waals surface area (Å²) in [6.07, 6.45) is -0.286. The summed E-state index contributed by atoms with van der Waals surface area (Å²) in [5, 5.41) is 13.4. The van der Waals surface area contributed by atoms with Gasteiger partial charge in [0, 0.05) is 22.9 Å². The van der Waals surface area contributed by atoms with E-state index >= 15 is 0 Å². The number of halogens is 4. The summed E-state index contributed by atoms with van der Waals surface area (Å²) in [5.41, 5.74) is 0.292. The highest BCUT2D eigenvalue weighted by Crippen LogP contribution is 2.39. The van der Waals surface area contributed by atoms with Gasteiger partial charge in [-0.15, -0.1) is 0 Å². The predicted octanol–water partition coefficient (Wildman–Crippen LogP) is 5.74. The monoisotopic (exact) mass is 498 g/mol. The van der Waals surface area contributed by atoms with Crippen LogP contribution < -0.4 is 5.32 Å². The molecule has 1 amide bonds. The van der Waals surface area contributed by atoms with Gasteiger partial charge in [-0.25, -0.2) is 0 Å². The Kier molecular flexibility index (Phi) is 7.04. The first kappa shape index (κ1) is 25.1. The van der Waals surface area contributed by atoms with E-state index in [-0.39, 0.29) is 22.5 Å². The molecule has 34 heavy (non-hydrogen) atoms. The van der Waals surface area contributed by atoms with Crippen molar-refractivity contribution in [2.75, 3.05) is 6.61 Å². The van der Waals surface area contributed by atoms with Gasteiger partial charge >= 0.3 is 6.18 Å². The summed E-state index contributed by atoms with van der Waals surface area (Å²) in [6.45, 7) is 4.73. The average molecular weight is 499 g/mol. The first-order valence-electron chi connectivity index (χ1n) is 11.7. The van der Waals surface area contributed by atoms with Crippen LogP contribution in [0.3, 0.4) is 0 Å². The van der Waals surface area contributed by atoms with Gasteiger partial charge in [0.2, 0.25) is 0 Å². The average Bonchev–Trinajstić information content (AvgIpc) is 3.33. The molecular formula is C25H30ClF3N2O3. The van der Waals surface area contributed by atoms with Crippen molar-refractivity contribution in [2.24, 2.45) is 0 Å². The Balaban J connectivity index is 1.77. The second-order valence-corrected chi connectivity index (χ2v) is 10.0. The summed E-state index contributed by atoms with van der Waals surface area (Å²) in [6, 6.07) is 4.46. The highest BCUT2D eigenvalue weighted by molar-refractivity contribution is 6.33. The summed E-state index contributed by atoms with van der Waals surface area (Å²) in [7, 11) is 0. The summed E-state index contributed by atoms with van der Waals surface area (Å²) in [5.74, 6) is -0.357. The van der Waals surface area contributed by atoms with Gasteiger partial charge in [-0.3, -0.25) is 4.79 Å². The number of nitrogens with zero attached hydrogens (tertiary/aromatic N) is 1. The van der Waals surface area contributed by atoms with Crippen LogP contribution in [0.15, 0.2) is 24.3 Å². The van der Waals surface area contributed by atoms with Crippen LogP contribution in [0.5, 0.6) is 0 Å². The molecule has 1 saturated heterocycles. The molecule has 0 radical (unpaired) electrons. The number of rotatable bonds is 5. The van der Waals surface area contributed by atoms with Gasteiger partial charge in [0.25, 0.3) is 5.91 Å². The molecule has 1 aliphatic carbocycles. The number of nitrogens with one attached hydrogen (secondary N) is 1. The Bertz CT molecular complexity index is 1060. The van der Waals surface area contributed by atoms with Crippen molar-refractivity contribution < 1.29 is 27.8 Å². The Hall–Kier alpha value is -2.03. The molecule has 1 aromatic heterocycles. The lowest BCUT2D eigenvalue weighted by Gasteiger charge is -2.28. The van der Waals surface area contributed by atoms with Crippen LogP contribution in [-0.4, -0.2) is 39.9 Å². The van der Waals surface area contributed by atoms with E-state index < -0.39 is 23.4 Å². The quantitative estimate of drug-likeness (QED) is 0.552. The molecule has 1 saturated carbocycles. The van der Waals surface area contributed by atoms with E-state index in [4.69, 9.17) is 16.3 Å².